The molecule has 0 unspecified atom stereocenters. The van der Waals surface area contributed by atoms with Crippen LogP contribution in [0.1, 0.15) is 36.5 Å². The van der Waals surface area contributed by atoms with Gasteiger partial charge in [0, 0.05) is 24.6 Å². The minimum absolute atomic E-state index is 0.190. The number of carboxylic acids is 1. The molecule has 0 spiro atoms. The monoisotopic (exact) mass is 448 g/mol. The van der Waals surface area contributed by atoms with Crippen LogP contribution in [0.4, 0.5) is 0 Å². The van der Waals surface area contributed by atoms with E-state index in [1.807, 2.05) is 38.1 Å². The van der Waals surface area contributed by atoms with Crippen LogP contribution < -0.4 is 15.5 Å². The number of aryl methyl sites for hydroxylation is 2. The average molecular weight is 448 g/mol. The molecule has 0 saturated carbocycles. The van der Waals surface area contributed by atoms with Crippen molar-refractivity contribution in [2.45, 2.75) is 38.5 Å². The van der Waals surface area contributed by atoms with Crippen molar-refractivity contribution >= 4 is 22.8 Å². The predicted octanol–water partition coefficient (Wildman–Crippen LogP) is 2.35. The Hall–Kier alpha value is -3.61. The van der Waals surface area contributed by atoms with E-state index in [1.165, 1.54) is 6.07 Å². The summed E-state index contributed by atoms with van der Waals surface area (Å²) in [5.74, 6) is -0.846. The molecule has 1 aromatic heterocycles. The number of hydrogen-bond donors (Lipinski definition) is 0. The van der Waals surface area contributed by atoms with Gasteiger partial charge in [0.25, 0.3) is 5.91 Å². The standard InChI is InChI=1S/C26H27NO6/c1-3-18-15-23(29)33-21-14-17(2)13-20(24(18)21)32-16-22(28)27-11-9-26(10-12-27,25(30)31)19-7-5-4-6-8-19/h4-8,13-15H,3,9-12,16H2,1-2H3,(H,30,31)/p-1. The molecule has 0 radical (unpaired) electrons. The van der Waals surface area contributed by atoms with Crippen LogP contribution in [0.25, 0.3) is 11.0 Å². The second-order valence-electron chi connectivity index (χ2n) is 8.49. The molecule has 1 aliphatic rings. The molecular formula is C26H26NO6-. The topological polar surface area (TPSA) is 99.9 Å². The molecule has 172 valence electrons. The van der Waals surface area contributed by atoms with E-state index in [-0.39, 0.29) is 25.4 Å². The molecule has 7 nitrogen and oxygen atoms in total. The van der Waals surface area contributed by atoms with E-state index in [0.717, 1.165) is 11.1 Å². The Morgan fingerprint density at radius 1 is 1.12 bits per heavy atom. The van der Waals surface area contributed by atoms with Gasteiger partial charge >= 0.3 is 5.63 Å². The van der Waals surface area contributed by atoms with Crippen LogP contribution in [-0.4, -0.2) is 36.5 Å². The summed E-state index contributed by atoms with van der Waals surface area (Å²) in [6.07, 6.45) is 1.18. The van der Waals surface area contributed by atoms with Crippen LogP contribution in [0.15, 0.2) is 57.7 Å². The third-order valence-electron chi connectivity index (χ3n) is 6.45. The molecule has 1 saturated heterocycles. The van der Waals surface area contributed by atoms with E-state index < -0.39 is 17.0 Å². The van der Waals surface area contributed by atoms with E-state index in [1.54, 1.807) is 23.1 Å². The number of amides is 1. The Morgan fingerprint density at radius 2 is 1.82 bits per heavy atom. The molecule has 0 bridgehead atoms. The second kappa shape index (κ2) is 9.10. The van der Waals surface area contributed by atoms with Crippen molar-refractivity contribution in [3.63, 3.8) is 0 Å². The summed E-state index contributed by atoms with van der Waals surface area (Å²) in [5, 5.41) is 12.7. The van der Waals surface area contributed by atoms with Crippen LogP contribution in [0.3, 0.4) is 0 Å². The number of carbonyl (C=O) groups is 2. The first-order chi connectivity index (χ1) is 15.8. The number of fused-ring (bicyclic) bond motifs is 1. The number of hydrogen-bond acceptors (Lipinski definition) is 6. The molecule has 1 fully saturated rings. The molecule has 33 heavy (non-hydrogen) atoms. The molecule has 2 heterocycles. The molecular weight excluding hydrogens is 422 g/mol. The van der Waals surface area contributed by atoms with Gasteiger partial charge in [0.1, 0.15) is 11.3 Å². The van der Waals surface area contributed by atoms with Gasteiger partial charge in [0.2, 0.25) is 0 Å². The van der Waals surface area contributed by atoms with Crippen LogP contribution in [0, 0.1) is 6.92 Å². The fraction of sp³-hybridized carbons (Fsp3) is 0.346. The number of piperidine rings is 1. The van der Waals surface area contributed by atoms with E-state index in [4.69, 9.17) is 9.15 Å². The van der Waals surface area contributed by atoms with E-state index >= 15 is 0 Å². The highest BCUT2D eigenvalue weighted by Crippen LogP contribution is 2.35. The minimum atomic E-state index is -1.11. The third kappa shape index (κ3) is 4.35. The van der Waals surface area contributed by atoms with Gasteiger partial charge in [-0.2, -0.15) is 0 Å². The Labute approximate surface area is 191 Å². The number of carboxylic acid groups (broad SMARTS) is 1. The largest absolute Gasteiger partial charge is 0.549 e. The van der Waals surface area contributed by atoms with Crippen LogP contribution in [0.2, 0.25) is 0 Å². The highest BCUT2D eigenvalue weighted by Gasteiger charge is 2.38. The minimum Gasteiger partial charge on any atom is -0.549 e. The molecule has 0 atom stereocenters. The zero-order valence-corrected chi connectivity index (χ0v) is 18.8. The maximum atomic E-state index is 12.9. The molecule has 4 rings (SSSR count). The zero-order chi connectivity index (χ0) is 23.6. The molecule has 0 N–H and O–H groups in total. The number of nitrogens with zero attached hydrogens (tertiary/aromatic N) is 1. The summed E-state index contributed by atoms with van der Waals surface area (Å²) < 4.78 is 11.2. The van der Waals surface area contributed by atoms with E-state index in [2.05, 4.69) is 0 Å². The van der Waals surface area contributed by atoms with E-state index in [9.17, 15) is 19.5 Å². The Morgan fingerprint density at radius 3 is 2.45 bits per heavy atom. The van der Waals surface area contributed by atoms with Gasteiger partial charge in [0.05, 0.1) is 11.4 Å². The van der Waals surface area contributed by atoms with Crippen LogP contribution >= 0.6 is 0 Å². The third-order valence-corrected chi connectivity index (χ3v) is 6.45. The lowest BCUT2D eigenvalue weighted by Crippen LogP contribution is -2.54. The predicted molar refractivity (Wildman–Crippen MR) is 121 cm³/mol. The molecule has 1 amide bonds. The molecule has 1 aliphatic heterocycles. The highest BCUT2D eigenvalue weighted by molar-refractivity contribution is 5.88. The Bertz CT molecular complexity index is 1240. The fourth-order valence-electron chi connectivity index (χ4n) is 4.60. The van der Waals surface area contributed by atoms with Crippen molar-refractivity contribution in [3.05, 3.63) is 75.6 Å². The van der Waals surface area contributed by atoms with Gasteiger partial charge in [-0.3, -0.25) is 4.79 Å². The Balaban J connectivity index is 1.49. The van der Waals surface area contributed by atoms with Crippen LogP contribution in [-0.2, 0) is 21.4 Å². The number of aliphatic carboxylic acids is 1. The van der Waals surface area contributed by atoms with Gasteiger partial charge < -0.3 is 24.0 Å². The summed E-state index contributed by atoms with van der Waals surface area (Å²) in [5.41, 5.74) is 1.26. The molecule has 7 heteroatoms. The van der Waals surface area contributed by atoms with Crippen molar-refractivity contribution in [3.8, 4) is 5.75 Å². The summed E-state index contributed by atoms with van der Waals surface area (Å²) in [4.78, 5) is 38.4. The van der Waals surface area contributed by atoms with Gasteiger partial charge in [0.15, 0.2) is 6.61 Å². The zero-order valence-electron chi connectivity index (χ0n) is 18.8. The van der Waals surface area contributed by atoms with Crippen molar-refractivity contribution < 1.29 is 23.8 Å². The first-order valence-corrected chi connectivity index (χ1v) is 11.1. The van der Waals surface area contributed by atoms with Gasteiger partial charge in [-0.1, -0.05) is 37.3 Å². The number of benzene rings is 2. The maximum Gasteiger partial charge on any atom is 0.336 e. The Kier molecular flexibility index (Phi) is 6.22. The number of ether oxygens (including phenoxy) is 1. The smallest absolute Gasteiger partial charge is 0.336 e. The van der Waals surface area contributed by atoms with Crippen molar-refractivity contribution in [2.75, 3.05) is 19.7 Å². The fourth-order valence-corrected chi connectivity index (χ4v) is 4.60. The average Bonchev–Trinajstić information content (AvgIpc) is 2.81. The normalized spacial score (nSPS) is 15.4. The SMILES string of the molecule is CCc1cc(=O)oc2cc(C)cc(OCC(=O)N3CCC(C(=O)[O-])(c4ccccc4)CC3)c12. The number of carbonyl (C=O) groups excluding carboxylic acids is 2. The first-order valence-electron chi connectivity index (χ1n) is 11.1. The number of rotatable bonds is 6. The lowest BCUT2D eigenvalue weighted by Gasteiger charge is -2.42. The summed E-state index contributed by atoms with van der Waals surface area (Å²) in [7, 11) is 0. The summed E-state index contributed by atoms with van der Waals surface area (Å²) in [6, 6.07) is 14.1. The van der Waals surface area contributed by atoms with E-state index in [0.29, 0.717) is 41.8 Å². The van der Waals surface area contributed by atoms with Crippen molar-refractivity contribution in [2.24, 2.45) is 0 Å². The second-order valence-corrected chi connectivity index (χ2v) is 8.49. The lowest BCUT2D eigenvalue weighted by atomic mass is 9.73. The highest BCUT2D eigenvalue weighted by atomic mass is 16.5. The maximum absolute atomic E-state index is 12.9. The van der Waals surface area contributed by atoms with Crippen molar-refractivity contribution in [1.29, 1.82) is 0 Å². The van der Waals surface area contributed by atoms with Gasteiger partial charge in [-0.15, -0.1) is 0 Å². The summed E-state index contributed by atoms with van der Waals surface area (Å²) >= 11 is 0. The summed E-state index contributed by atoms with van der Waals surface area (Å²) in [6.45, 7) is 4.21. The van der Waals surface area contributed by atoms with Gasteiger partial charge in [-0.05, 0) is 55.0 Å². The van der Waals surface area contributed by atoms with Crippen molar-refractivity contribution in [1.82, 2.24) is 4.90 Å². The van der Waals surface area contributed by atoms with Crippen LogP contribution in [0.5, 0.6) is 5.75 Å². The van der Waals surface area contributed by atoms with Gasteiger partial charge in [-0.25, -0.2) is 4.79 Å². The molecule has 2 aromatic carbocycles. The number of likely N-dealkylation sites (tertiary alicyclic amines) is 1. The quantitative estimate of drug-likeness (QED) is 0.537. The molecule has 3 aromatic rings. The molecule has 0 aliphatic carbocycles. The lowest BCUT2D eigenvalue weighted by molar-refractivity contribution is -0.315. The first kappa shape index (κ1) is 22.6.